The van der Waals surface area contributed by atoms with Gasteiger partial charge >= 0.3 is 0 Å². The molecule has 0 aliphatic heterocycles. The quantitative estimate of drug-likeness (QED) is 0.334. The molecule has 7 heteroatoms. The van der Waals surface area contributed by atoms with Crippen molar-refractivity contribution < 1.29 is 9.47 Å². The van der Waals surface area contributed by atoms with Gasteiger partial charge in [-0.3, -0.25) is 0 Å². The van der Waals surface area contributed by atoms with Crippen molar-refractivity contribution in [3.63, 3.8) is 0 Å². The van der Waals surface area contributed by atoms with Crippen LogP contribution >= 0.6 is 15.9 Å². The van der Waals surface area contributed by atoms with Gasteiger partial charge in [-0.25, -0.2) is 9.97 Å². The van der Waals surface area contributed by atoms with Crippen molar-refractivity contribution in [2.45, 2.75) is 45.6 Å². The first-order valence-electron chi connectivity index (χ1n) is 10.7. The molecule has 2 aromatic carbocycles. The summed E-state index contributed by atoms with van der Waals surface area (Å²) in [5.41, 5.74) is 7.55. The number of fused-ring (bicyclic) bond motifs is 1. The van der Waals surface area contributed by atoms with E-state index in [1.54, 1.807) is 7.11 Å². The van der Waals surface area contributed by atoms with Crippen molar-refractivity contribution >= 4 is 32.7 Å². The van der Waals surface area contributed by atoms with Gasteiger partial charge in [0, 0.05) is 15.9 Å². The predicted octanol–water partition coefficient (Wildman–Crippen LogP) is 5.78. The molecule has 0 unspecified atom stereocenters. The summed E-state index contributed by atoms with van der Waals surface area (Å²) in [7, 11) is 1.65. The van der Waals surface area contributed by atoms with E-state index in [9.17, 15) is 0 Å². The number of aromatic nitrogens is 2. The Morgan fingerprint density at radius 2 is 1.87 bits per heavy atom. The molecule has 0 fully saturated rings. The van der Waals surface area contributed by atoms with Crippen molar-refractivity contribution in [3.8, 4) is 11.5 Å². The average molecular weight is 487 g/mol. The number of hydrogen-bond donors (Lipinski definition) is 2. The van der Waals surface area contributed by atoms with E-state index in [0.717, 1.165) is 53.4 Å². The molecule has 0 saturated heterocycles. The number of halogens is 1. The number of aryl methyl sites for hydroxylation is 1. The summed E-state index contributed by atoms with van der Waals surface area (Å²) in [6.07, 6.45) is 4.28. The molecule has 3 rings (SSSR count). The van der Waals surface area contributed by atoms with Crippen LogP contribution in [0.4, 0.5) is 5.82 Å². The molecule has 0 aliphatic rings. The highest BCUT2D eigenvalue weighted by Gasteiger charge is 2.15. The van der Waals surface area contributed by atoms with Gasteiger partial charge in [0.05, 0.1) is 25.3 Å². The van der Waals surface area contributed by atoms with Gasteiger partial charge < -0.3 is 20.5 Å². The van der Waals surface area contributed by atoms with Crippen LogP contribution in [0.1, 0.15) is 50.0 Å². The second-order valence-corrected chi connectivity index (χ2v) is 8.53. The van der Waals surface area contributed by atoms with Crippen LogP contribution in [0.15, 0.2) is 40.9 Å². The number of nitrogens with zero attached hydrogens (tertiary/aromatic N) is 2. The lowest BCUT2D eigenvalue weighted by molar-refractivity contribution is 0.285. The number of unbranched alkanes of at least 4 members (excludes halogenated alkanes) is 3. The highest BCUT2D eigenvalue weighted by atomic mass is 79.9. The van der Waals surface area contributed by atoms with Crippen LogP contribution in [0.5, 0.6) is 11.5 Å². The third-order valence-corrected chi connectivity index (χ3v) is 5.64. The van der Waals surface area contributed by atoms with Gasteiger partial charge in [-0.05, 0) is 57.0 Å². The second kappa shape index (κ2) is 11.3. The van der Waals surface area contributed by atoms with Gasteiger partial charge in [-0.2, -0.15) is 0 Å². The number of hydrogen-bond acceptors (Lipinski definition) is 6. The monoisotopic (exact) mass is 486 g/mol. The number of nitrogens with two attached hydrogens (primary N) is 1. The van der Waals surface area contributed by atoms with E-state index >= 15 is 0 Å². The average Bonchev–Trinajstić information content (AvgIpc) is 2.75. The number of methoxy groups -OCH3 is 1. The van der Waals surface area contributed by atoms with Crippen LogP contribution in [-0.4, -0.2) is 30.2 Å². The molecule has 166 valence electrons. The summed E-state index contributed by atoms with van der Waals surface area (Å²) in [5.74, 6) is 2.87. The van der Waals surface area contributed by atoms with Crippen LogP contribution in [0.25, 0.3) is 10.9 Å². The van der Waals surface area contributed by atoms with Gasteiger partial charge in [0.2, 0.25) is 0 Å². The van der Waals surface area contributed by atoms with E-state index in [-0.39, 0.29) is 6.04 Å². The topological polar surface area (TPSA) is 82.3 Å². The fourth-order valence-electron chi connectivity index (χ4n) is 3.48. The van der Waals surface area contributed by atoms with Gasteiger partial charge in [0.25, 0.3) is 0 Å². The summed E-state index contributed by atoms with van der Waals surface area (Å²) in [6, 6.07) is 12.2. The molecule has 1 atom stereocenters. The maximum atomic E-state index is 6.02. The highest BCUT2D eigenvalue weighted by Crippen LogP contribution is 2.35. The van der Waals surface area contributed by atoms with Crippen LogP contribution in [0.3, 0.4) is 0 Å². The Labute approximate surface area is 192 Å². The molecule has 0 amide bonds. The van der Waals surface area contributed by atoms with Crippen LogP contribution in [-0.2, 0) is 0 Å². The van der Waals surface area contributed by atoms with E-state index in [0.29, 0.717) is 23.9 Å². The van der Waals surface area contributed by atoms with Crippen LogP contribution in [0, 0.1) is 6.92 Å². The lowest BCUT2D eigenvalue weighted by atomic mass is 10.1. The van der Waals surface area contributed by atoms with E-state index in [1.807, 2.05) is 31.2 Å². The number of rotatable bonds is 11. The summed E-state index contributed by atoms with van der Waals surface area (Å²) in [6.45, 7) is 5.40. The smallest absolute Gasteiger partial charge is 0.163 e. The largest absolute Gasteiger partial charge is 0.493 e. The predicted molar refractivity (Wildman–Crippen MR) is 130 cm³/mol. The van der Waals surface area contributed by atoms with Gasteiger partial charge in [-0.15, -0.1) is 0 Å². The number of anilines is 1. The second-order valence-electron chi connectivity index (χ2n) is 7.61. The van der Waals surface area contributed by atoms with E-state index in [4.69, 9.17) is 15.2 Å². The standard InChI is InChI=1S/C24H31BrN4O2/c1-16(18-9-8-10-19(25)13-18)27-24-20-14-22(30-3)23(15-21(20)28-17(2)29-24)31-12-7-5-4-6-11-26/h8-10,13-16H,4-7,11-12,26H2,1-3H3,(H,27,28,29)/t16-/m1/s1. The van der Waals surface area contributed by atoms with Crippen molar-refractivity contribution in [2.24, 2.45) is 5.73 Å². The Bertz CT molecular complexity index is 1010. The number of benzene rings is 2. The molecule has 1 aromatic heterocycles. The van der Waals surface area contributed by atoms with Crippen LogP contribution in [0.2, 0.25) is 0 Å². The molecule has 0 bridgehead atoms. The normalized spacial score (nSPS) is 12.0. The minimum Gasteiger partial charge on any atom is -0.493 e. The summed E-state index contributed by atoms with van der Waals surface area (Å²) >= 11 is 3.54. The molecule has 1 heterocycles. The van der Waals surface area contributed by atoms with E-state index < -0.39 is 0 Å². The molecular formula is C24H31BrN4O2. The molecule has 0 spiro atoms. The van der Waals surface area contributed by atoms with Crippen molar-refractivity contribution in [1.29, 1.82) is 0 Å². The Balaban J connectivity index is 1.83. The van der Waals surface area contributed by atoms with E-state index in [2.05, 4.69) is 50.3 Å². The first-order chi connectivity index (χ1) is 15.0. The molecule has 31 heavy (non-hydrogen) atoms. The summed E-state index contributed by atoms with van der Waals surface area (Å²) < 4.78 is 12.7. The third kappa shape index (κ3) is 6.31. The lowest BCUT2D eigenvalue weighted by Gasteiger charge is -2.18. The Morgan fingerprint density at radius 1 is 1.06 bits per heavy atom. The third-order valence-electron chi connectivity index (χ3n) is 5.15. The minimum atomic E-state index is 0.0745. The van der Waals surface area contributed by atoms with Crippen molar-refractivity contribution in [2.75, 3.05) is 25.6 Å². The van der Waals surface area contributed by atoms with Crippen molar-refractivity contribution in [1.82, 2.24) is 9.97 Å². The zero-order valence-electron chi connectivity index (χ0n) is 18.5. The maximum absolute atomic E-state index is 6.02. The Morgan fingerprint density at radius 3 is 2.61 bits per heavy atom. The van der Waals surface area contributed by atoms with Crippen molar-refractivity contribution in [3.05, 3.63) is 52.3 Å². The molecule has 3 N–H and O–H groups in total. The molecule has 0 radical (unpaired) electrons. The van der Waals surface area contributed by atoms with Crippen LogP contribution < -0.4 is 20.5 Å². The minimum absolute atomic E-state index is 0.0745. The van der Waals surface area contributed by atoms with E-state index in [1.165, 1.54) is 5.56 Å². The first kappa shape index (κ1) is 23.3. The Kier molecular flexibility index (Phi) is 8.49. The summed E-state index contributed by atoms with van der Waals surface area (Å²) in [4.78, 5) is 9.28. The SMILES string of the molecule is COc1cc2c(N[C@H](C)c3cccc(Br)c3)nc(C)nc2cc1OCCCCCCN. The summed E-state index contributed by atoms with van der Waals surface area (Å²) in [5, 5.41) is 4.44. The molecule has 6 nitrogen and oxygen atoms in total. The zero-order valence-corrected chi connectivity index (χ0v) is 20.0. The molecule has 0 saturated carbocycles. The number of nitrogens with one attached hydrogen (secondary N) is 1. The fraction of sp³-hybridized carbons (Fsp3) is 0.417. The number of ether oxygens (including phenoxy) is 2. The first-order valence-corrected chi connectivity index (χ1v) is 11.5. The lowest BCUT2D eigenvalue weighted by Crippen LogP contribution is -2.10. The van der Waals surface area contributed by atoms with Gasteiger partial charge in [0.1, 0.15) is 11.6 Å². The molecule has 0 aliphatic carbocycles. The van der Waals surface area contributed by atoms with Gasteiger partial charge in [0.15, 0.2) is 11.5 Å². The highest BCUT2D eigenvalue weighted by molar-refractivity contribution is 9.10. The zero-order chi connectivity index (χ0) is 22.2. The van der Waals surface area contributed by atoms with Gasteiger partial charge in [-0.1, -0.05) is 40.9 Å². The molecular weight excluding hydrogens is 456 g/mol. The Hall–Kier alpha value is -2.38. The molecule has 3 aromatic rings. The maximum Gasteiger partial charge on any atom is 0.163 e. The fourth-order valence-corrected chi connectivity index (χ4v) is 3.90.